The zero-order valence-corrected chi connectivity index (χ0v) is 13.7. The maximum absolute atomic E-state index is 5.69. The van der Waals surface area contributed by atoms with Gasteiger partial charge in [-0.3, -0.25) is 0 Å². The monoisotopic (exact) mass is 295 g/mol. The molecule has 0 radical (unpaired) electrons. The Morgan fingerprint density at radius 1 is 1.00 bits per heavy atom. The lowest BCUT2D eigenvalue weighted by molar-refractivity contribution is 0.0712. The van der Waals surface area contributed by atoms with Gasteiger partial charge in [0, 0.05) is 19.7 Å². The molecule has 1 N–H and O–H groups in total. The van der Waals surface area contributed by atoms with Crippen molar-refractivity contribution >= 4 is 0 Å². The molecule has 0 fully saturated rings. The van der Waals surface area contributed by atoms with E-state index in [9.17, 15) is 0 Å². The van der Waals surface area contributed by atoms with E-state index in [1.807, 2.05) is 12.1 Å². The van der Waals surface area contributed by atoms with Crippen molar-refractivity contribution in [3.63, 3.8) is 0 Å². The van der Waals surface area contributed by atoms with Gasteiger partial charge in [-0.15, -0.1) is 0 Å². The third-order valence-corrected chi connectivity index (χ3v) is 3.09. The molecule has 0 saturated heterocycles. The number of methoxy groups -OCH3 is 1. The lowest BCUT2D eigenvalue weighted by atomic mass is 10.1. The van der Waals surface area contributed by atoms with Crippen molar-refractivity contribution in [3.05, 3.63) is 29.8 Å². The molecular weight excluding hydrogens is 266 g/mol. The second-order valence-corrected chi connectivity index (χ2v) is 5.55. The van der Waals surface area contributed by atoms with Gasteiger partial charge >= 0.3 is 0 Å². The van der Waals surface area contributed by atoms with E-state index in [1.54, 1.807) is 7.11 Å². The number of hydrogen-bond acceptors (Lipinski definition) is 4. The summed E-state index contributed by atoms with van der Waals surface area (Å²) in [7, 11) is 1.68. The summed E-state index contributed by atoms with van der Waals surface area (Å²) in [5, 5.41) is 3.44. The van der Waals surface area contributed by atoms with Crippen LogP contribution in [0.1, 0.15) is 32.4 Å². The van der Waals surface area contributed by atoms with Crippen molar-refractivity contribution in [1.82, 2.24) is 5.32 Å². The van der Waals surface area contributed by atoms with Crippen LogP contribution in [0.15, 0.2) is 24.3 Å². The van der Waals surface area contributed by atoms with Crippen molar-refractivity contribution in [2.45, 2.75) is 26.8 Å². The zero-order valence-electron chi connectivity index (χ0n) is 13.7. The molecule has 0 aliphatic rings. The molecule has 0 aliphatic heterocycles. The van der Waals surface area contributed by atoms with Gasteiger partial charge in [0.25, 0.3) is 0 Å². The maximum atomic E-state index is 5.69. The number of benzene rings is 1. The molecule has 4 nitrogen and oxygen atoms in total. The van der Waals surface area contributed by atoms with Crippen molar-refractivity contribution in [3.8, 4) is 5.75 Å². The van der Waals surface area contributed by atoms with E-state index in [2.05, 4.69) is 38.2 Å². The van der Waals surface area contributed by atoms with E-state index >= 15 is 0 Å². The molecule has 1 aromatic rings. The van der Waals surface area contributed by atoms with E-state index in [-0.39, 0.29) is 0 Å². The normalized spacial score (nSPS) is 12.6. The lowest BCUT2D eigenvalue weighted by Crippen LogP contribution is -2.23. The minimum absolute atomic E-state index is 0.301. The summed E-state index contributed by atoms with van der Waals surface area (Å²) in [6.45, 7) is 10.0. The van der Waals surface area contributed by atoms with Gasteiger partial charge in [0.05, 0.1) is 26.4 Å². The number of nitrogens with one attached hydrogen (secondary N) is 1. The van der Waals surface area contributed by atoms with Crippen LogP contribution in [0, 0.1) is 5.92 Å². The van der Waals surface area contributed by atoms with Gasteiger partial charge in [0.2, 0.25) is 0 Å². The van der Waals surface area contributed by atoms with Crippen LogP contribution in [-0.4, -0.2) is 40.1 Å². The topological polar surface area (TPSA) is 39.7 Å². The highest BCUT2D eigenvalue weighted by atomic mass is 16.5. The fourth-order valence-corrected chi connectivity index (χ4v) is 1.83. The van der Waals surface area contributed by atoms with Gasteiger partial charge in [-0.05, 0) is 30.5 Å². The number of ether oxygens (including phenoxy) is 3. The first-order valence-corrected chi connectivity index (χ1v) is 7.66. The predicted molar refractivity (Wildman–Crippen MR) is 85.9 cm³/mol. The summed E-state index contributed by atoms with van der Waals surface area (Å²) < 4.78 is 16.0. The highest BCUT2D eigenvalue weighted by Gasteiger charge is 2.05. The van der Waals surface area contributed by atoms with E-state index < -0.39 is 0 Å². The van der Waals surface area contributed by atoms with Crippen LogP contribution in [-0.2, 0) is 9.47 Å². The first-order valence-electron chi connectivity index (χ1n) is 7.66. The van der Waals surface area contributed by atoms with E-state index in [1.165, 1.54) is 5.56 Å². The van der Waals surface area contributed by atoms with E-state index in [0.717, 1.165) is 18.9 Å². The first-order chi connectivity index (χ1) is 10.1. The van der Waals surface area contributed by atoms with Crippen molar-refractivity contribution < 1.29 is 14.2 Å². The highest BCUT2D eigenvalue weighted by Crippen LogP contribution is 2.18. The van der Waals surface area contributed by atoms with Crippen LogP contribution in [0.5, 0.6) is 5.75 Å². The van der Waals surface area contributed by atoms with Crippen LogP contribution in [0.2, 0.25) is 0 Å². The third-order valence-electron chi connectivity index (χ3n) is 3.09. The Morgan fingerprint density at radius 3 is 2.33 bits per heavy atom. The predicted octanol–water partition coefficient (Wildman–Crippen LogP) is 3.04. The molecule has 0 aliphatic carbocycles. The molecule has 0 spiro atoms. The molecule has 21 heavy (non-hydrogen) atoms. The molecule has 0 aromatic heterocycles. The van der Waals surface area contributed by atoms with Gasteiger partial charge in [0.1, 0.15) is 5.75 Å². The Balaban J connectivity index is 2.25. The summed E-state index contributed by atoms with van der Waals surface area (Å²) in [5.41, 5.74) is 1.25. The second kappa shape index (κ2) is 10.6. The summed E-state index contributed by atoms with van der Waals surface area (Å²) in [5.74, 6) is 1.48. The first kappa shape index (κ1) is 18.0. The van der Waals surface area contributed by atoms with Gasteiger partial charge in [0.15, 0.2) is 0 Å². The Labute approximate surface area is 128 Å². The average Bonchev–Trinajstić information content (AvgIpc) is 2.49. The molecule has 0 bridgehead atoms. The quantitative estimate of drug-likeness (QED) is 0.637. The molecule has 1 rings (SSSR count). The molecule has 0 amide bonds. The summed E-state index contributed by atoms with van der Waals surface area (Å²) in [6.07, 6.45) is 0. The molecular formula is C17H29NO3. The second-order valence-electron chi connectivity index (χ2n) is 5.55. The van der Waals surface area contributed by atoms with Crippen molar-refractivity contribution in [2.24, 2.45) is 5.92 Å². The van der Waals surface area contributed by atoms with Gasteiger partial charge in [-0.25, -0.2) is 0 Å². The Hall–Kier alpha value is -1.10. The van der Waals surface area contributed by atoms with Gasteiger partial charge in [-0.2, -0.15) is 0 Å². The third kappa shape index (κ3) is 8.05. The summed E-state index contributed by atoms with van der Waals surface area (Å²) >= 11 is 0. The minimum atomic E-state index is 0.301. The molecule has 4 heteroatoms. The van der Waals surface area contributed by atoms with Crippen LogP contribution in [0.4, 0.5) is 0 Å². The van der Waals surface area contributed by atoms with Gasteiger partial charge < -0.3 is 19.5 Å². The number of hydrogen-bond donors (Lipinski definition) is 1. The highest BCUT2D eigenvalue weighted by molar-refractivity contribution is 5.28. The molecule has 1 atom stereocenters. The molecule has 120 valence electrons. The number of rotatable bonds is 11. The Bertz CT molecular complexity index is 365. The van der Waals surface area contributed by atoms with E-state index in [4.69, 9.17) is 14.2 Å². The Morgan fingerprint density at radius 2 is 1.71 bits per heavy atom. The molecule has 1 aromatic carbocycles. The lowest BCUT2D eigenvalue weighted by Gasteiger charge is -2.15. The van der Waals surface area contributed by atoms with Crippen LogP contribution < -0.4 is 10.1 Å². The maximum Gasteiger partial charge on any atom is 0.119 e. The molecule has 1 unspecified atom stereocenters. The average molecular weight is 295 g/mol. The SMILES string of the molecule is COCCOCCNC(C)c1ccc(OCC(C)C)cc1. The largest absolute Gasteiger partial charge is 0.493 e. The zero-order chi connectivity index (χ0) is 15.5. The molecule has 0 saturated carbocycles. The fourth-order valence-electron chi connectivity index (χ4n) is 1.83. The fraction of sp³-hybridized carbons (Fsp3) is 0.647. The minimum Gasteiger partial charge on any atom is -0.493 e. The standard InChI is InChI=1S/C17H29NO3/c1-14(2)13-21-17-7-5-16(6-8-17)15(3)18-9-10-20-12-11-19-4/h5-8,14-15,18H,9-13H2,1-4H3. The van der Waals surface area contributed by atoms with Crippen molar-refractivity contribution in [1.29, 1.82) is 0 Å². The van der Waals surface area contributed by atoms with Crippen LogP contribution >= 0.6 is 0 Å². The van der Waals surface area contributed by atoms with E-state index in [0.29, 0.717) is 31.8 Å². The molecule has 0 heterocycles. The summed E-state index contributed by atoms with van der Waals surface area (Å²) in [6, 6.07) is 8.59. The van der Waals surface area contributed by atoms with Gasteiger partial charge in [-0.1, -0.05) is 26.0 Å². The van der Waals surface area contributed by atoms with Crippen molar-refractivity contribution in [2.75, 3.05) is 40.1 Å². The Kier molecular flexibility index (Phi) is 9.06. The smallest absolute Gasteiger partial charge is 0.119 e. The van der Waals surface area contributed by atoms with Crippen LogP contribution in [0.3, 0.4) is 0 Å². The summed E-state index contributed by atoms with van der Waals surface area (Å²) in [4.78, 5) is 0. The van der Waals surface area contributed by atoms with Crippen LogP contribution in [0.25, 0.3) is 0 Å².